The van der Waals surface area contributed by atoms with Gasteiger partial charge in [-0.25, -0.2) is 0 Å². The van der Waals surface area contributed by atoms with E-state index < -0.39 is 0 Å². The van der Waals surface area contributed by atoms with E-state index in [2.05, 4.69) is 39.9 Å². The fourth-order valence-corrected chi connectivity index (χ4v) is 4.15. The molecule has 2 unspecified atom stereocenters. The van der Waals surface area contributed by atoms with Crippen molar-refractivity contribution in [2.24, 2.45) is 11.7 Å². The molecule has 0 spiro atoms. The van der Waals surface area contributed by atoms with Crippen LogP contribution in [0.1, 0.15) is 30.9 Å². The number of nitrogens with two attached hydrogens (primary N) is 1. The van der Waals surface area contributed by atoms with Crippen LogP contribution in [0.2, 0.25) is 0 Å². The number of hydrogen-bond donors (Lipinski definition) is 1. The number of ether oxygens (including phenoxy) is 1. The van der Waals surface area contributed by atoms with Crippen LogP contribution >= 0.6 is 15.9 Å². The summed E-state index contributed by atoms with van der Waals surface area (Å²) in [6.07, 6.45) is 3.60. The molecule has 0 radical (unpaired) electrons. The molecule has 0 aliphatic carbocycles. The maximum absolute atomic E-state index is 6.00. The molecular formula is C16H23BrN2O. The van der Waals surface area contributed by atoms with Gasteiger partial charge in [0.15, 0.2) is 0 Å². The van der Waals surface area contributed by atoms with Gasteiger partial charge in [-0.15, -0.1) is 0 Å². The number of hydrogen-bond acceptors (Lipinski definition) is 3. The fourth-order valence-electron chi connectivity index (χ4n) is 3.59. The lowest BCUT2D eigenvalue weighted by Crippen LogP contribution is -2.48. The van der Waals surface area contributed by atoms with Crippen LogP contribution in [0.15, 0.2) is 16.6 Å². The van der Waals surface area contributed by atoms with E-state index >= 15 is 0 Å². The van der Waals surface area contributed by atoms with E-state index in [-0.39, 0.29) is 0 Å². The standard InChI is InChI=1S/C16H23BrN2O/c1-11-3-2-5-19(15(11)9-18)10-13-8-14(17)7-12-4-6-20-16(12)13/h7-8,11,15H,2-6,9-10,18H2,1H3. The summed E-state index contributed by atoms with van der Waals surface area (Å²) in [6, 6.07) is 4.89. The molecule has 1 aromatic carbocycles. The molecule has 2 N–H and O–H groups in total. The van der Waals surface area contributed by atoms with Gasteiger partial charge in [0.05, 0.1) is 6.61 Å². The topological polar surface area (TPSA) is 38.5 Å². The van der Waals surface area contributed by atoms with Crippen LogP contribution in [0.3, 0.4) is 0 Å². The van der Waals surface area contributed by atoms with Crippen LogP contribution in [0.4, 0.5) is 0 Å². The molecule has 2 heterocycles. The van der Waals surface area contributed by atoms with Gasteiger partial charge in [0.25, 0.3) is 0 Å². The lowest BCUT2D eigenvalue weighted by Gasteiger charge is -2.39. The minimum atomic E-state index is 0.500. The van der Waals surface area contributed by atoms with E-state index in [1.165, 1.54) is 24.0 Å². The highest BCUT2D eigenvalue weighted by Gasteiger charge is 2.28. The van der Waals surface area contributed by atoms with Crippen LogP contribution in [0.25, 0.3) is 0 Å². The average Bonchev–Trinajstić information content (AvgIpc) is 2.87. The van der Waals surface area contributed by atoms with Gasteiger partial charge in [0.2, 0.25) is 0 Å². The number of benzene rings is 1. The van der Waals surface area contributed by atoms with Crippen LogP contribution in [0.5, 0.6) is 5.75 Å². The summed E-state index contributed by atoms with van der Waals surface area (Å²) < 4.78 is 7.00. The van der Waals surface area contributed by atoms with E-state index in [4.69, 9.17) is 10.5 Å². The number of rotatable bonds is 3. The molecule has 1 saturated heterocycles. The summed E-state index contributed by atoms with van der Waals surface area (Å²) in [6.45, 7) is 5.99. The third-order valence-electron chi connectivity index (χ3n) is 4.67. The first kappa shape index (κ1) is 14.4. The summed E-state index contributed by atoms with van der Waals surface area (Å²) in [5.74, 6) is 1.80. The number of piperidine rings is 1. The minimum absolute atomic E-state index is 0.500. The second kappa shape index (κ2) is 6.04. The summed E-state index contributed by atoms with van der Waals surface area (Å²) in [5, 5.41) is 0. The highest BCUT2D eigenvalue weighted by molar-refractivity contribution is 9.10. The molecule has 2 aliphatic heterocycles. The van der Waals surface area contributed by atoms with Crippen molar-refractivity contribution in [2.75, 3.05) is 19.7 Å². The molecule has 1 aromatic rings. The molecule has 3 nitrogen and oxygen atoms in total. The second-order valence-electron chi connectivity index (χ2n) is 6.04. The summed E-state index contributed by atoms with van der Waals surface area (Å²) in [7, 11) is 0. The minimum Gasteiger partial charge on any atom is -0.493 e. The summed E-state index contributed by atoms with van der Waals surface area (Å²) in [5.41, 5.74) is 8.64. The van der Waals surface area contributed by atoms with Crippen molar-refractivity contribution in [3.63, 3.8) is 0 Å². The van der Waals surface area contributed by atoms with E-state index in [0.717, 1.165) is 42.9 Å². The van der Waals surface area contributed by atoms with Gasteiger partial charge in [-0.1, -0.05) is 22.9 Å². The molecule has 0 aromatic heterocycles. The Morgan fingerprint density at radius 2 is 2.30 bits per heavy atom. The molecule has 0 bridgehead atoms. The summed E-state index contributed by atoms with van der Waals surface area (Å²) >= 11 is 3.63. The van der Waals surface area contributed by atoms with E-state index in [9.17, 15) is 0 Å². The quantitative estimate of drug-likeness (QED) is 0.920. The Kier molecular flexibility index (Phi) is 4.34. The first-order valence-electron chi connectivity index (χ1n) is 7.57. The van der Waals surface area contributed by atoms with Crippen molar-refractivity contribution in [3.8, 4) is 5.75 Å². The Balaban J connectivity index is 1.84. The Morgan fingerprint density at radius 3 is 3.10 bits per heavy atom. The highest BCUT2D eigenvalue weighted by atomic mass is 79.9. The zero-order chi connectivity index (χ0) is 14.1. The number of likely N-dealkylation sites (tertiary alicyclic amines) is 1. The van der Waals surface area contributed by atoms with Gasteiger partial charge >= 0.3 is 0 Å². The van der Waals surface area contributed by atoms with Crippen molar-refractivity contribution in [2.45, 2.75) is 38.8 Å². The van der Waals surface area contributed by atoms with Crippen molar-refractivity contribution in [3.05, 3.63) is 27.7 Å². The molecule has 2 aliphatic rings. The monoisotopic (exact) mass is 338 g/mol. The number of fused-ring (bicyclic) bond motifs is 1. The van der Waals surface area contributed by atoms with Crippen molar-refractivity contribution in [1.82, 2.24) is 4.90 Å². The van der Waals surface area contributed by atoms with E-state index in [1.54, 1.807) is 0 Å². The fraction of sp³-hybridized carbons (Fsp3) is 0.625. The van der Waals surface area contributed by atoms with Gasteiger partial charge in [-0.2, -0.15) is 0 Å². The van der Waals surface area contributed by atoms with Crippen LogP contribution in [0, 0.1) is 5.92 Å². The third-order valence-corrected chi connectivity index (χ3v) is 5.13. The van der Waals surface area contributed by atoms with E-state index in [0.29, 0.717) is 12.0 Å². The maximum atomic E-state index is 6.00. The SMILES string of the molecule is CC1CCCN(Cc2cc(Br)cc3c2OCC3)C1CN. The second-order valence-corrected chi connectivity index (χ2v) is 6.96. The summed E-state index contributed by atoms with van der Waals surface area (Å²) in [4.78, 5) is 2.54. The van der Waals surface area contributed by atoms with E-state index in [1.807, 2.05) is 0 Å². The molecule has 3 rings (SSSR count). The molecule has 2 atom stereocenters. The molecule has 1 fully saturated rings. The predicted molar refractivity (Wildman–Crippen MR) is 85.0 cm³/mol. The lowest BCUT2D eigenvalue weighted by atomic mass is 9.90. The highest BCUT2D eigenvalue weighted by Crippen LogP contribution is 2.35. The third kappa shape index (κ3) is 2.74. The number of nitrogens with zero attached hydrogens (tertiary/aromatic N) is 1. The zero-order valence-corrected chi connectivity index (χ0v) is 13.7. The Morgan fingerprint density at radius 1 is 1.45 bits per heavy atom. The van der Waals surface area contributed by atoms with Crippen molar-refractivity contribution >= 4 is 15.9 Å². The van der Waals surface area contributed by atoms with Gasteiger partial charge in [-0.3, -0.25) is 4.90 Å². The zero-order valence-electron chi connectivity index (χ0n) is 12.1. The Labute approximate surface area is 129 Å². The first-order valence-corrected chi connectivity index (χ1v) is 8.36. The molecule has 0 saturated carbocycles. The van der Waals surface area contributed by atoms with Crippen LogP contribution < -0.4 is 10.5 Å². The molecule has 20 heavy (non-hydrogen) atoms. The Hall–Kier alpha value is -0.580. The Bertz CT molecular complexity index is 492. The van der Waals surface area contributed by atoms with Gasteiger partial charge < -0.3 is 10.5 Å². The molecule has 4 heteroatoms. The average molecular weight is 339 g/mol. The van der Waals surface area contributed by atoms with Gasteiger partial charge in [-0.05, 0) is 43.0 Å². The maximum Gasteiger partial charge on any atom is 0.127 e. The van der Waals surface area contributed by atoms with Gasteiger partial charge in [0, 0.05) is 35.6 Å². The number of halogens is 1. The van der Waals surface area contributed by atoms with Crippen molar-refractivity contribution in [1.29, 1.82) is 0 Å². The van der Waals surface area contributed by atoms with Crippen LogP contribution in [-0.2, 0) is 13.0 Å². The van der Waals surface area contributed by atoms with Gasteiger partial charge in [0.1, 0.15) is 5.75 Å². The lowest BCUT2D eigenvalue weighted by molar-refractivity contribution is 0.0981. The first-order chi connectivity index (χ1) is 9.69. The largest absolute Gasteiger partial charge is 0.493 e. The van der Waals surface area contributed by atoms with Crippen molar-refractivity contribution < 1.29 is 4.74 Å². The molecular weight excluding hydrogens is 316 g/mol. The molecule has 110 valence electrons. The smallest absolute Gasteiger partial charge is 0.127 e. The predicted octanol–water partition coefficient (Wildman–Crippen LogP) is 2.94. The molecule has 0 amide bonds. The normalized spacial score (nSPS) is 26.4. The van der Waals surface area contributed by atoms with Crippen LogP contribution in [-0.4, -0.2) is 30.6 Å².